The molecule has 0 spiro atoms. The summed E-state index contributed by atoms with van der Waals surface area (Å²) in [6.45, 7) is 2.48. The Morgan fingerprint density at radius 1 is 1.00 bits per heavy atom. The molecule has 0 aromatic heterocycles. The van der Waals surface area contributed by atoms with E-state index in [-0.39, 0.29) is 47.8 Å². The second-order valence-corrected chi connectivity index (χ2v) is 9.54. The molecule has 192 valence electrons. The van der Waals surface area contributed by atoms with E-state index in [1.165, 1.54) is 24.3 Å². The van der Waals surface area contributed by atoms with Crippen molar-refractivity contribution in [3.05, 3.63) is 95.1 Å². The van der Waals surface area contributed by atoms with E-state index < -0.39 is 0 Å². The smallest absolute Gasteiger partial charge is 0.306 e. The van der Waals surface area contributed by atoms with Crippen LogP contribution in [0.5, 0.6) is 5.75 Å². The lowest BCUT2D eigenvalue weighted by atomic mass is 9.77. The van der Waals surface area contributed by atoms with Crippen LogP contribution in [-0.2, 0) is 20.7 Å². The highest BCUT2D eigenvalue weighted by atomic mass is 19.1. The standard InChI is InChI=1S/C30H29F2NO4/c1-2-36-27(34)17-20-18-37-29-24(20)6-4-7-25(29)28-26(8-3-5-19-9-11-21(31)12-10-19)30(35)33(28)23-15-13-22(32)14-16-23/h4,6-7,9-16,20,26,28H,2-3,5,8,17-18H2,1H3/t20?,26?,28-/m1/s1. The Labute approximate surface area is 215 Å². The first-order valence-electron chi connectivity index (χ1n) is 12.7. The number of para-hydroxylation sites is 1. The van der Waals surface area contributed by atoms with Gasteiger partial charge in [-0.3, -0.25) is 9.59 Å². The summed E-state index contributed by atoms with van der Waals surface area (Å²) in [6.07, 6.45) is 2.38. The summed E-state index contributed by atoms with van der Waals surface area (Å²) in [5.74, 6) is -0.591. The van der Waals surface area contributed by atoms with Crippen molar-refractivity contribution in [3.63, 3.8) is 0 Å². The number of anilines is 1. The van der Waals surface area contributed by atoms with Crippen LogP contribution in [0.1, 0.15) is 54.8 Å². The molecule has 1 amide bonds. The van der Waals surface area contributed by atoms with Crippen molar-refractivity contribution in [1.82, 2.24) is 0 Å². The summed E-state index contributed by atoms with van der Waals surface area (Å²) in [7, 11) is 0. The highest BCUT2D eigenvalue weighted by molar-refractivity contribution is 6.03. The first kappa shape index (κ1) is 24.9. The average Bonchev–Trinajstić information content (AvgIpc) is 3.30. The summed E-state index contributed by atoms with van der Waals surface area (Å²) >= 11 is 0. The number of carbonyl (C=O) groups excluding carboxylic acids is 2. The summed E-state index contributed by atoms with van der Waals surface area (Å²) in [5, 5.41) is 0. The van der Waals surface area contributed by atoms with Crippen LogP contribution in [0.15, 0.2) is 66.7 Å². The first-order valence-corrected chi connectivity index (χ1v) is 12.7. The number of carbonyl (C=O) groups is 2. The van der Waals surface area contributed by atoms with E-state index in [0.29, 0.717) is 31.1 Å². The SMILES string of the molecule is CCOC(=O)CC1COc2c1cccc2[C@@H]1C(CCCc2ccc(F)cc2)C(=O)N1c1ccc(F)cc1. The van der Waals surface area contributed by atoms with Gasteiger partial charge in [0, 0.05) is 22.7 Å². The Hall–Kier alpha value is -3.74. The molecule has 0 saturated carbocycles. The molecule has 5 nitrogen and oxygen atoms in total. The van der Waals surface area contributed by atoms with Gasteiger partial charge in [-0.25, -0.2) is 8.78 Å². The zero-order chi connectivity index (χ0) is 25.9. The maximum Gasteiger partial charge on any atom is 0.306 e. The molecule has 2 aliphatic rings. The molecule has 0 bridgehead atoms. The fourth-order valence-corrected chi connectivity index (χ4v) is 5.41. The number of amides is 1. The van der Waals surface area contributed by atoms with Gasteiger partial charge < -0.3 is 14.4 Å². The number of β-lactam (4-membered cyclic amide) rings is 1. The van der Waals surface area contributed by atoms with E-state index in [0.717, 1.165) is 29.5 Å². The predicted octanol–water partition coefficient (Wildman–Crippen LogP) is 6.12. The number of rotatable bonds is 9. The third kappa shape index (κ3) is 5.08. The van der Waals surface area contributed by atoms with Gasteiger partial charge in [0.05, 0.1) is 31.6 Å². The molecule has 1 saturated heterocycles. The van der Waals surface area contributed by atoms with Crippen LogP contribution in [0, 0.1) is 17.6 Å². The van der Waals surface area contributed by atoms with Gasteiger partial charge in [0.15, 0.2) is 0 Å². The second kappa shape index (κ2) is 10.7. The fraction of sp³-hybridized carbons (Fsp3) is 0.333. The van der Waals surface area contributed by atoms with Crippen LogP contribution < -0.4 is 9.64 Å². The van der Waals surface area contributed by atoms with Gasteiger partial charge in [-0.2, -0.15) is 0 Å². The van der Waals surface area contributed by atoms with Crippen molar-refractivity contribution in [2.24, 2.45) is 5.92 Å². The Morgan fingerprint density at radius 3 is 2.38 bits per heavy atom. The van der Waals surface area contributed by atoms with Gasteiger partial charge >= 0.3 is 5.97 Å². The molecule has 0 radical (unpaired) electrons. The van der Waals surface area contributed by atoms with Crippen molar-refractivity contribution < 1.29 is 27.8 Å². The molecule has 3 aromatic rings. The fourth-order valence-electron chi connectivity index (χ4n) is 5.41. The summed E-state index contributed by atoms with van der Waals surface area (Å²) in [5.41, 5.74) is 3.48. The van der Waals surface area contributed by atoms with Crippen molar-refractivity contribution in [2.75, 3.05) is 18.1 Å². The Morgan fingerprint density at radius 2 is 1.68 bits per heavy atom. The van der Waals surface area contributed by atoms with E-state index >= 15 is 0 Å². The average molecular weight is 506 g/mol. The van der Waals surface area contributed by atoms with Gasteiger partial charge in [-0.15, -0.1) is 0 Å². The lowest BCUT2D eigenvalue weighted by molar-refractivity contribution is -0.143. The minimum absolute atomic E-state index is 0.0191. The van der Waals surface area contributed by atoms with Crippen LogP contribution in [0.2, 0.25) is 0 Å². The number of benzene rings is 3. The van der Waals surface area contributed by atoms with Crippen molar-refractivity contribution in [3.8, 4) is 5.75 Å². The number of fused-ring (bicyclic) bond motifs is 1. The highest BCUT2D eigenvalue weighted by Crippen LogP contribution is 2.51. The lowest BCUT2D eigenvalue weighted by Crippen LogP contribution is -2.55. The number of halogens is 2. The van der Waals surface area contributed by atoms with Crippen LogP contribution in [0.3, 0.4) is 0 Å². The van der Waals surface area contributed by atoms with E-state index in [9.17, 15) is 18.4 Å². The van der Waals surface area contributed by atoms with Crippen LogP contribution in [0.25, 0.3) is 0 Å². The number of ether oxygens (including phenoxy) is 2. The Kier molecular flexibility index (Phi) is 7.22. The normalized spacial score (nSPS) is 20.2. The molecule has 37 heavy (non-hydrogen) atoms. The van der Waals surface area contributed by atoms with Gasteiger partial charge in [-0.05, 0) is 68.1 Å². The number of esters is 1. The predicted molar refractivity (Wildman–Crippen MR) is 135 cm³/mol. The quantitative estimate of drug-likeness (QED) is 0.260. The molecule has 3 aromatic carbocycles. The molecule has 0 N–H and O–H groups in total. The summed E-state index contributed by atoms with van der Waals surface area (Å²) < 4.78 is 38.1. The number of hydrogen-bond acceptors (Lipinski definition) is 4. The number of aryl methyl sites for hydroxylation is 1. The summed E-state index contributed by atoms with van der Waals surface area (Å²) in [6, 6.07) is 17.9. The third-order valence-electron chi connectivity index (χ3n) is 7.19. The topological polar surface area (TPSA) is 55.8 Å². The van der Waals surface area contributed by atoms with Gasteiger partial charge in [0.2, 0.25) is 5.91 Å². The Balaban J connectivity index is 1.41. The van der Waals surface area contributed by atoms with Gasteiger partial charge in [0.25, 0.3) is 0 Å². The molecule has 5 rings (SSSR count). The molecule has 3 atom stereocenters. The van der Waals surface area contributed by atoms with Crippen molar-refractivity contribution in [1.29, 1.82) is 0 Å². The molecular formula is C30H29F2NO4. The van der Waals surface area contributed by atoms with Crippen LogP contribution in [0.4, 0.5) is 14.5 Å². The molecule has 2 aliphatic heterocycles. The zero-order valence-electron chi connectivity index (χ0n) is 20.7. The molecular weight excluding hydrogens is 476 g/mol. The molecule has 2 unspecified atom stereocenters. The minimum Gasteiger partial charge on any atom is -0.492 e. The molecule has 7 heteroatoms. The zero-order valence-corrected chi connectivity index (χ0v) is 20.7. The van der Waals surface area contributed by atoms with Crippen LogP contribution >= 0.6 is 0 Å². The lowest BCUT2D eigenvalue weighted by Gasteiger charge is -2.48. The van der Waals surface area contributed by atoms with Crippen LogP contribution in [-0.4, -0.2) is 25.1 Å². The van der Waals surface area contributed by atoms with E-state index in [2.05, 4.69) is 0 Å². The number of hydrogen-bond donors (Lipinski definition) is 0. The second-order valence-electron chi connectivity index (χ2n) is 9.54. The van der Waals surface area contributed by atoms with Crippen molar-refractivity contribution in [2.45, 2.75) is 44.6 Å². The van der Waals surface area contributed by atoms with Crippen molar-refractivity contribution >= 4 is 17.6 Å². The van der Waals surface area contributed by atoms with E-state index in [1.807, 2.05) is 18.2 Å². The van der Waals surface area contributed by atoms with Gasteiger partial charge in [-0.1, -0.05) is 30.3 Å². The Bertz CT molecular complexity index is 1280. The minimum atomic E-state index is -0.366. The van der Waals surface area contributed by atoms with Gasteiger partial charge in [0.1, 0.15) is 17.4 Å². The third-order valence-corrected chi connectivity index (χ3v) is 7.19. The number of nitrogens with zero attached hydrogens (tertiary/aromatic N) is 1. The monoisotopic (exact) mass is 505 g/mol. The maximum atomic E-state index is 13.6. The summed E-state index contributed by atoms with van der Waals surface area (Å²) in [4.78, 5) is 27.2. The highest BCUT2D eigenvalue weighted by Gasteiger charge is 2.50. The maximum absolute atomic E-state index is 13.6. The molecule has 0 aliphatic carbocycles. The van der Waals surface area contributed by atoms with E-state index in [1.54, 1.807) is 36.1 Å². The first-order chi connectivity index (χ1) is 18.0. The largest absolute Gasteiger partial charge is 0.492 e. The van der Waals surface area contributed by atoms with E-state index in [4.69, 9.17) is 9.47 Å². The molecule has 1 fully saturated rings. The molecule has 2 heterocycles.